The summed E-state index contributed by atoms with van der Waals surface area (Å²) in [5, 5.41) is 3.62. The van der Waals surface area contributed by atoms with E-state index in [-0.39, 0.29) is 5.60 Å². The van der Waals surface area contributed by atoms with Crippen LogP contribution in [0.25, 0.3) is 0 Å². The Kier molecular flexibility index (Phi) is 5.06. The Hall–Kier alpha value is -1.06. The maximum Gasteiger partial charge on any atom is 0.118 e. The molecule has 112 valence electrons. The zero-order valence-corrected chi connectivity index (χ0v) is 13.1. The lowest BCUT2D eigenvalue weighted by atomic mass is 9.75. The second-order valence-corrected chi connectivity index (χ2v) is 6.21. The van der Waals surface area contributed by atoms with Gasteiger partial charge >= 0.3 is 0 Å². The Labute approximate surface area is 122 Å². The zero-order valence-electron chi connectivity index (χ0n) is 13.1. The van der Waals surface area contributed by atoms with Gasteiger partial charge in [-0.2, -0.15) is 0 Å². The molecule has 3 nitrogen and oxygen atoms in total. The zero-order chi connectivity index (χ0) is 14.6. The summed E-state index contributed by atoms with van der Waals surface area (Å²) in [5.41, 5.74) is 1.35. The van der Waals surface area contributed by atoms with Crippen molar-refractivity contribution >= 4 is 0 Å². The van der Waals surface area contributed by atoms with E-state index in [0.717, 1.165) is 18.9 Å². The van der Waals surface area contributed by atoms with Crippen molar-refractivity contribution in [3.05, 3.63) is 29.8 Å². The summed E-state index contributed by atoms with van der Waals surface area (Å²) in [4.78, 5) is 0. The molecule has 0 atom stereocenters. The monoisotopic (exact) mass is 277 g/mol. The van der Waals surface area contributed by atoms with E-state index in [2.05, 4.69) is 31.3 Å². The lowest BCUT2D eigenvalue weighted by Crippen LogP contribution is -2.47. The van der Waals surface area contributed by atoms with Gasteiger partial charge < -0.3 is 14.8 Å². The number of ether oxygens (including phenoxy) is 2. The molecule has 0 radical (unpaired) electrons. The molecule has 2 rings (SSSR count). The molecule has 0 amide bonds. The van der Waals surface area contributed by atoms with Crippen LogP contribution in [0.4, 0.5) is 0 Å². The third-order valence-corrected chi connectivity index (χ3v) is 4.08. The van der Waals surface area contributed by atoms with E-state index in [0.29, 0.717) is 12.0 Å². The number of hydrogen-bond acceptors (Lipinski definition) is 3. The van der Waals surface area contributed by atoms with Crippen LogP contribution in [0.3, 0.4) is 0 Å². The molecule has 0 heterocycles. The third-order valence-electron chi connectivity index (χ3n) is 4.08. The van der Waals surface area contributed by atoms with Crippen LogP contribution in [0.1, 0.15) is 45.1 Å². The molecule has 0 saturated heterocycles. The van der Waals surface area contributed by atoms with Crippen molar-refractivity contribution in [1.29, 1.82) is 0 Å². The lowest BCUT2D eigenvalue weighted by molar-refractivity contribution is -0.0128. The molecule has 1 saturated carbocycles. The standard InChI is InChI=1S/C17H27NO2/c1-5-20-17(2,3)12-18-15-10-14(11-15)13-6-8-16(19-4)9-7-13/h6-9,14-15,18H,5,10-12H2,1-4H3. The first-order valence-electron chi connectivity index (χ1n) is 7.55. The molecule has 1 fully saturated rings. The van der Waals surface area contributed by atoms with Gasteiger partial charge in [0.2, 0.25) is 0 Å². The normalized spacial score (nSPS) is 22.4. The van der Waals surface area contributed by atoms with Crippen LogP contribution in [-0.4, -0.2) is 31.9 Å². The molecular formula is C17H27NO2. The van der Waals surface area contributed by atoms with Crippen LogP contribution in [0.15, 0.2) is 24.3 Å². The number of rotatable bonds is 7. The van der Waals surface area contributed by atoms with E-state index < -0.39 is 0 Å². The number of hydrogen-bond donors (Lipinski definition) is 1. The van der Waals surface area contributed by atoms with Gasteiger partial charge in [0.15, 0.2) is 0 Å². The van der Waals surface area contributed by atoms with Gasteiger partial charge in [0.25, 0.3) is 0 Å². The van der Waals surface area contributed by atoms with Crippen molar-refractivity contribution in [2.24, 2.45) is 0 Å². The molecule has 1 N–H and O–H groups in total. The van der Waals surface area contributed by atoms with Crippen molar-refractivity contribution in [3.63, 3.8) is 0 Å². The molecule has 0 spiro atoms. The Morgan fingerprint density at radius 2 is 1.85 bits per heavy atom. The highest BCUT2D eigenvalue weighted by Gasteiger charge is 2.31. The second-order valence-electron chi connectivity index (χ2n) is 6.21. The second kappa shape index (κ2) is 6.59. The molecule has 1 aliphatic rings. The van der Waals surface area contributed by atoms with E-state index in [9.17, 15) is 0 Å². The van der Waals surface area contributed by atoms with Crippen LogP contribution in [0.2, 0.25) is 0 Å². The fourth-order valence-electron chi connectivity index (χ4n) is 2.76. The van der Waals surface area contributed by atoms with Crippen molar-refractivity contribution in [3.8, 4) is 5.75 Å². The largest absolute Gasteiger partial charge is 0.497 e. The van der Waals surface area contributed by atoms with Crippen LogP contribution in [0.5, 0.6) is 5.75 Å². The van der Waals surface area contributed by atoms with E-state index in [1.807, 2.05) is 19.1 Å². The van der Waals surface area contributed by atoms with E-state index in [4.69, 9.17) is 9.47 Å². The van der Waals surface area contributed by atoms with Crippen LogP contribution < -0.4 is 10.1 Å². The summed E-state index contributed by atoms with van der Waals surface area (Å²) in [6, 6.07) is 9.10. The number of methoxy groups -OCH3 is 1. The highest BCUT2D eigenvalue weighted by Crippen LogP contribution is 2.37. The topological polar surface area (TPSA) is 30.5 Å². The van der Waals surface area contributed by atoms with Gasteiger partial charge in [0.05, 0.1) is 12.7 Å². The predicted molar refractivity (Wildman–Crippen MR) is 82.5 cm³/mol. The molecule has 1 aliphatic carbocycles. The van der Waals surface area contributed by atoms with Crippen LogP contribution >= 0.6 is 0 Å². The Morgan fingerprint density at radius 3 is 2.40 bits per heavy atom. The molecule has 0 aliphatic heterocycles. The summed E-state index contributed by atoms with van der Waals surface area (Å²) in [5.74, 6) is 1.62. The predicted octanol–water partition coefficient (Wildman–Crippen LogP) is 3.35. The third kappa shape index (κ3) is 3.97. The number of nitrogens with one attached hydrogen (secondary N) is 1. The first-order valence-corrected chi connectivity index (χ1v) is 7.55. The first-order chi connectivity index (χ1) is 9.54. The minimum absolute atomic E-state index is 0.0695. The maximum atomic E-state index is 5.71. The van der Waals surface area contributed by atoms with Gasteiger partial charge in [-0.15, -0.1) is 0 Å². The minimum Gasteiger partial charge on any atom is -0.497 e. The molecule has 0 aromatic heterocycles. The summed E-state index contributed by atoms with van der Waals surface area (Å²) >= 11 is 0. The van der Waals surface area contributed by atoms with Gasteiger partial charge in [-0.3, -0.25) is 0 Å². The van der Waals surface area contributed by atoms with Crippen LogP contribution in [0, 0.1) is 0 Å². The summed E-state index contributed by atoms with van der Waals surface area (Å²) < 4.78 is 10.9. The highest BCUT2D eigenvalue weighted by atomic mass is 16.5. The Bertz CT molecular complexity index is 408. The average Bonchev–Trinajstić information content (AvgIpc) is 2.37. The minimum atomic E-state index is -0.0695. The van der Waals surface area contributed by atoms with Crippen molar-refractivity contribution in [2.45, 2.75) is 51.2 Å². The highest BCUT2D eigenvalue weighted by molar-refractivity contribution is 5.30. The molecule has 1 aromatic rings. The lowest BCUT2D eigenvalue weighted by Gasteiger charge is -2.38. The summed E-state index contributed by atoms with van der Waals surface area (Å²) in [7, 11) is 1.71. The average molecular weight is 277 g/mol. The Morgan fingerprint density at radius 1 is 1.20 bits per heavy atom. The van der Waals surface area contributed by atoms with Crippen molar-refractivity contribution in [2.75, 3.05) is 20.3 Å². The summed E-state index contributed by atoms with van der Waals surface area (Å²) in [6.45, 7) is 8.02. The smallest absolute Gasteiger partial charge is 0.118 e. The van der Waals surface area contributed by atoms with Gasteiger partial charge in [-0.05, 0) is 57.2 Å². The van der Waals surface area contributed by atoms with E-state index in [1.165, 1.54) is 18.4 Å². The fourth-order valence-corrected chi connectivity index (χ4v) is 2.76. The number of benzene rings is 1. The molecule has 0 bridgehead atoms. The molecule has 20 heavy (non-hydrogen) atoms. The fraction of sp³-hybridized carbons (Fsp3) is 0.647. The van der Waals surface area contributed by atoms with Gasteiger partial charge in [0, 0.05) is 19.2 Å². The van der Waals surface area contributed by atoms with Crippen molar-refractivity contribution < 1.29 is 9.47 Å². The molecule has 0 unspecified atom stereocenters. The van der Waals surface area contributed by atoms with E-state index in [1.54, 1.807) is 7.11 Å². The van der Waals surface area contributed by atoms with Crippen LogP contribution in [-0.2, 0) is 4.74 Å². The maximum absolute atomic E-state index is 5.71. The summed E-state index contributed by atoms with van der Waals surface area (Å²) in [6.07, 6.45) is 2.43. The first kappa shape index (κ1) is 15.3. The van der Waals surface area contributed by atoms with Gasteiger partial charge in [0.1, 0.15) is 5.75 Å². The SMILES string of the molecule is CCOC(C)(C)CNC1CC(c2ccc(OC)cc2)C1. The van der Waals surface area contributed by atoms with Gasteiger partial charge in [-0.25, -0.2) is 0 Å². The van der Waals surface area contributed by atoms with Crippen molar-refractivity contribution in [1.82, 2.24) is 5.32 Å². The quantitative estimate of drug-likeness (QED) is 0.829. The van der Waals surface area contributed by atoms with Gasteiger partial charge in [-0.1, -0.05) is 12.1 Å². The molecule has 1 aromatic carbocycles. The molecular weight excluding hydrogens is 250 g/mol. The molecule has 3 heteroatoms. The Balaban J connectivity index is 1.74. The van der Waals surface area contributed by atoms with E-state index >= 15 is 0 Å².